The molecule has 118 valence electrons. The molecule has 1 aromatic rings. The van der Waals surface area contributed by atoms with Crippen LogP contribution in [0.25, 0.3) is 0 Å². The molecule has 1 aromatic heterocycles. The Morgan fingerprint density at radius 3 is 2.82 bits per heavy atom. The van der Waals surface area contributed by atoms with Gasteiger partial charge in [0, 0.05) is 12.4 Å². The van der Waals surface area contributed by atoms with Gasteiger partial charge in [-0.1, -0.05) is 18.5 Å². The lowest BCUT2D eigenvalue weighted by Crippen LogP contribution is -2.11. The van der Waals surface area contributed by atoms with E-state index in [-0.39, 0.29) is 12.4 Å². The van der Waals surface area contributed by atoms with E-state index in [2.05, 4.69) is 4.99 Å². The molecule has 0 saturated carbocycles. The van der Waals surface area contributed by atoms with E-state index >= 15 is 0 Å². The van der Waals surface area contributed by atoms with Gasteiger partial charge >= 0.3 is 5.97 Å². The third-order valence-electron chi connectivity index (χ3n) is 3.43. The van der Waals surface area contributed by atoms with Crippen molar-refractivity contribution in [3.8, 4) is 0 Å². The first-order chi connectivity index (χ1) is 10.5. The molecule has 0 saturated heterocycles. The van der Waals surface area contributed by atoms with E-state index in [1.54, 1.807) is 20.0 Å². The van der Waals surface area contributed by atoms with Crippen molar-refractivity contribution in [2.24, 2.45) is 4.99 Å². The first-order valence-corrected chi connectivity index (χ1v) is 7.54. The number of hydrogen-bond acceptors (Lipinski definition) is 3. The predicted octanol–water partition coefficient (Wildman–Crippen LogP) is 4.34. The molecule has 4 nitrogen and oxygen atoms in total. The number of aromatic nitrogens is 1. The number of aliphatic imine (C=N–C) groups is 1. The molecule has 0 N–H and O–H groups in total. The lowest BCUT2D eigenvalue weighted by Gasteiger charge is -2.04. The molecule has 1 aliphatic heterocycles. The number of allylic oxidation sites excluding steroid dienone is 3. The van der Waals surface area contributed by atoms with Gasteiger partial charge in [0.1, 0.15) is 5.16 Å². The minimum atomic E-state index is -0.466. The fourth-order valence-electron chi connectivity index (χ4n) is 2.19. The van der Waals surface area contributed by atoms with E-state index < -0.39 is 11.8 Å². The van der Waals surface area contributed by atoms with Gasteiger partial charge in [-0.15, -0.1) is 0 Å². The Morgan fingerprint density at radius 1 is 1.45 bits per heavy atom. The maximum absolute atomic E-state index is 14.3. The Hall–Kier alpha value is -1.88. The standard InChI is InChI=1S/C16H18ClFN2O2/c1-4-11-6-7-13(18)15(19-14(11)17)20-8-10(3)12(9-20)16(21)22-5-2/h7-9H,4-6H2,1-3H3. The molecular weight excluding hydrogens is 307 g/mol. The quantitative estimate of drug-likeness (QED) is 0.613. The van der Waals surface area contributed by atoms with E-state index in [1.807, 2.05) is 6.92 Å². The van der Waals surface area contributed by atoms with Gasteiger partial charge in [0.05, 0.1) is 12.2 Å². The number of ether oxygens (including phenoxy) is 1. The highest BCUT2D eigenvalue weighted by molar-refractivity contribution is 6.30. The minimum absolute atomic E-state index is 0.0760. The molecule has 0 aromatic carbocycles. The fraction of sp³-hybridized carbons (Fsp3) is 0.375. The summed E-state index contributed by atoms with van der Waals surface area (Å²) in [6.07, 6.45) is 5.74. The van der Waals surface area contributed by atoms with Gasteiger partial charge in [-0.05, 0) is 43.9 Å². The van der Waals surface area contributed by atoms with Crippen LogP contribution < -0.4 is 0 Å². The summed E-state index contributed by atoms with van der Waals surface area (Å²) in [5.74, 6) is -0.827. The molecule has 0 spiro atoms. The zero-order valence-corrected chi connectivity index (χ0v) is 13.6. The lowest BCUT2D eigenvalue weighted by molar-refractivity contribution is 0.0525. The van der Waals surface area contributed by atoms with Crippen LogP contribution in [0.1, 0.15) is 42.6 Å². The van der Waals surface area contributed by atoms with Crippen molar-refractivity contribution in [1.29, 1.82) is 0 Å². The normalized spacial score (nSPS) is 15.3. The van der Waals surface area contributed by atoms with Crippen LogP contribution in [0.15, 0.2) is 40.0 Å². The third-order valence-corrected chi connectivity index (χ3v) is 3.78. The lowest BCUT2D eigenvalue weighted by atomic mass is 10.1. The van der Waals surface area contributed by atoms with Gasteiger partial charge in [-0.3, -0.25) is 0 Å². The number of esters is 1. The van der Waals surface area contributed by atoms with Gasteiger partial charge in [0.25, 0.3) is 0 Å². The Bertz CT molecular complexity index is 686. The summed E-state index contributed by atoms with van der Waals surface area (Å²) in [7, 11) is 0. The van der Waals surface area contributed by atoms with Crippen LogP contribution in [0.2, 0.25) is 0 Å². The highest BCUT2D eigenvalue weighted by Crippen LogP contribution is 2.25. The van der Waals surface area contributed by atoms with Crippen LogP contribution in [-0.4, -0.2) is 23.0 Å². The molecule has 22 heavy (non-hydrogen) atoms. The molecule has 2 rings (SSSR count). The number of nitrogens with zero attached hydrogens (tertiary/aromatic N) is 2. The van der Waals surface area contributed by atoms with Crippen LogP contribution in [0, 0.1) is 6.92 Å². The number of carbonyl (C=O) groups excluding carboxylic acids is 1. The van der Waals surface area contributed by atoms with Gasteiger partial charge in [-0.25, -0.2) is 14.2 Å². The molecule has 0 radical (unpaired) electrons. The number of aryl methyl sites for hydroxylation is 1. The number of halogens is 2. The average Bonchev–Trinajstić information content (AvgIpc) is 2.80. The topological polar surface area (TPSA) is 43.6 Å². The smallest absolute Gasteiger partial charge is 0.339 e. The largest absolute Gasteiger partial charge is 0.462 e. The second kappa shape index (κ2) is 6.92. The number of carbonyl (C=O) groups is 1. The molecule has 0 unspecified atom stereocenters. The molecule has 0 aliphatic carbocycles. The third kappa shape index (κ3) is 3.30. The van der Waals surface area contributed by atoms with Crippen LogP contribution in [0.3, 0.4) is 0 Å². The minimum Gasteiger partial charge on any atom is -0.462 e. The molecule has 0 amide bonds. The van der Waals surface area contributed by atoms with Crippen LogP contribution in [0.5, 0.6) is 0 Å². The van der Waals surface area contributed by atoms with Gasteiger partial charge in [0.15, 0.2) is 11.7 Å². The Morgan fingerprint density at radius 2 is 2.18 bits per heavy atom. The SMILES string of the molecule is CCOC(=O)c1cn(C2=NC(Cl)=C(CC)CC=C2F)cc1C. The monoisotopic (exact) mass is 324 g/mol. The van der Waals surface area contributed by atoms with Crippen molar-refractivity contribution in [2.75, 3.05) is 6.61 Å². The van der Waals surface area contributed by atoms with Crippen molar-refractivity contribution in [2.45, 2.75) is 33.6 Å². The highest BCUT2D eigenvalue weighted by atomic mass is 35.5. The zero-order valence-electron chi connectivity index (χ0n) is 12.8. The van der Waals surface area contributed by atoms with E-state index in [9.17, 15) is 9.18 Å². The van der Waals surface area contributed by atoms with E-state index in [1.165, 1.54) is 16.8 Å². The van der Waals surface area contributed by atoms with Crippen LogP contribution >= 0.6 is 11.6 Å². The maximum atomic E-state index is 14.3. The van der Waals surface area contributed by atoms with Crippen molar-refractivity contribution in [1.82, 2.24) is 4.57 Å². The molecule has 0 bridgehead atoms. The second-order valence-electron chi connectivity index (χ2n) is 4.92. The van der Waals surface area contributed by atoms with E-state index in [4.69, 9.17) is 16.3 Å². The Labute approximate surface area is 133 Å². The molecule has 0 atom stereocenters. The summed E-state index contributed by atoms with van der Waals surface area (Å²) < 4.78 is 20.7. The van der Waals surface area contributed by atoms with Gasteiger partial charge in [0.2, 0.25) is 0 Å². The first-order valence-electron chi connectivity index (χ1n) is 7.16. The molecule has 0 fully saturated rings. The highest BCUT2D eigenvalue weighted by Gasteiger charge is 2.19. The fourth-order valence-corrected chi connectivity index (χ4v) is 2.48. The zero-order chi connectivity index (χ0) is 16.3. The van der Waals surface area contributed by atoms with Crippen molar-refractivity contribution < 1.29 is 13.9 Å². The summed E-state index contributed by atoms with van der Waals surface area (Å²) in [6.45, 7) is 5.73. The average molecular weight is 325 g/mol. The maximum Gasteiger partial charge on any atom is 0.339 e. The predicted molar refractivity (Wildman–Crippen MR) is 84.9 cm³/mol. The van der Waals surface area contributed by atoms with Crippen LogP contribution in [0.4, 0.5) is 4.39 Å². The number of rotatable bonds is 3. The van der Waals surface area contributed by atoms with Gasteiger partial charge < -0.3 is 9.30 Å². The van der Waals surface area contributed by atoms with Crippen LogP contribution in [-0.2, 0) is 4.74 Å². The molecular formula is C16H18ClFN2O2. The molecule has 1 aliphatic rings. The Kier molecular flexibility index (Phi) is 5.19. The summed E-state index contributed by atoms with van der Waals surface area (Å²) in [5.41, 5.74) is 1.95. The van der Waals surface area contributed by atoms with E-state index in [0.717, 1.165) is 5.57 Å². The summed E-state index contributed by atoms with van der Waals surface area (Å²) in [6, 6.07) is 0. The Balaban J connectivity index is 2.45. The van der Waals surface area contributed by atoms with E-state index in [0.29, 0.717) is 29.1 Å². The van der Waals surface area contributed by atoms with Crippen molar-refractivity contribution in [3.05, 3.63) is 46.2 Å². The van der Waals surface area contributed by atoms with Gasteiger partial charge in [-0.2, -0.15) is 0 Å². The molecule has 2 heterocycles. The molecule has 6 heteroatoms. The summed E-state index contributed by atoms with van der Waals surface area (Å²) in [5, 5.41) is 0.297. The summed E-state index contributed by atoms with van der Waals surface area (Å²) in [4.78, 5) is 16.0. The number of hydrogen-bond donors (Lipinski definition) is 0. The second-order valence-corrected chi connectivity index (χ2v) is 5.28. The summed E-state index contributed by atoms with van der Waals surface area (Å²) >= 11 is 6.14. The van der Waals surface area contributed by atoms with Crippen molar-refractivity contribution in [3.63, 3.8) is 0 Å². The first kappa shape index (κ1) is 16.5. The van der Waals surface area contributed by atoms with Crippen molar-refractivity contribution >= 4 is 23.4 Å².